The molecule has 0 fully saturated rings. The zero-order chi connectivity index (χ0) is 20.1. The van der Waals surface area contributed by atoms with Crippen molar-refractivity contribution in [2.24, 2.45) is 4.99 Å². The SMILES string of the molecule is CC1=C\C=C\C(c2ccccc2)=N/C=C\1C(=O)Nc1nc(-c2ccccc2)ns1. The molecule has 0 spiro atoms. The molecule has 0 atom stereocenters. The van der Waals surface area contributed by atoms with Crippen LogP contribution in [0.2, 0.25) is 0 Å². The molecule has 1 aliphatic rings. The van der Waals surface area contributed by atoms with Crippen molar-refractivity contribution < 1.29 is 4.79 Å². The molecular weight excluding hydrogens is 380 g/mol. The van der Waals surface area contributed by atoms with E-state index in [0.29, 0.717) is 16.5 Å². The maximum Gasteiger partial charge on any atom is 0.259 e. The van der Waals surface area contributed by atoms with Crippen LogP contribution in [0.3, 0.4) is 0 Å². The van der Waals surface area contributed by atoms with E-state index in [-0.39, 0.29) is 5.91 Å². The van der Waals surface area contributed by atoms with E-state index in [1.54, 1.807) is 6.20 Å². The van der Waals surface area contributed by atoms with E-state index in [9.17, 15) is 4.79 Å². The van der Waals surface area contributed by atoms with E-state index >= 15 is 0 Å². The summed E-state index contributed by atoms with van der Waals surface area (Å²) in [7, 11) is 0. The van der Waals surface area contributed by atoms with Crippen molar-refractivity contribution in [1.29, 1.82) is 0 Å². The summed E-state index contributed by atoms with van der Waals surface area (Å²) in [4.78, 5) is 21.8. The number of aliphatic imine (C=N–C) groups is 1. The fourth-order valence-corrected chi connectivity index (χ4v) is 3.40. The van der Waals surface area contributed by atoms with Gasteiger partial charge < -0.3 is 0 Å². The number of nitrogens with one attached hydrogen (secondary N) is 1. The number of amides is 1. The summed E-state index contributed by atoms with van der Waals surface area (Å²) in [5.41, 5.74) is 4.00. The van der Waals surface area contributed by atoms with Crippen LogP contribution in [0.5, 0.6) is 0 Å². The van der Waals surface area contributed by atoms with Crippen LogP contribution in [-0.4, -0.2) is 21.0 Å². The average Bonchev–Trinajstić information content (AvgIpc) is 3.20. The zero-order valence-electron chi connectivity index (χ0n) is 15.7. The molecular formula is C23H18N4OS. The molecule has 0 saturated heterocycles. The molecule has 0 bridgehead atoms. The van der Waals surface area contributed by atoms with Gasteiger partial charge in [-0.05, 0) is 18.6 Å². The third-order valence-corrected chi connectivity index (χ3v) is 4.98. The van der Waals surface area contributed by atoms with Crippen LogP contribution in [0.1, 0.15) is 12.5 Å². The Kier molecular flexibility index (Phi) is 5.54. The number of carbonyl (C=O) groups excluding carboxylic acids is 1. The van der Waals surface area contributed by atoms with Crippen LogP contribution >= 0.6 is 11.5 Å². The predicted molar refractivity (Wildman–Crippen MR) is 118 cm³/mol. The Hall–Kier alpha value is -3.64. The molecule has 0 radical (unpaired) electrons. The predicted octanol–water partition coefficient (Wildman–Crippen LogP) is 5.03. The van der Waals surface area contributed by atoms with E-state index < -0.39 is 0 Å². The highest BCUT2D eigenvalue weighted by Crippen LogP contribution is 2.22. The second kappa shape index (κ2) is 8.58. The van der Waals surface area contributed by atoms with Gasteiger partial charge in [0.1, 0.15) is 0 Å². The highest BCUT2D eigenvalue weighted by Gasteiger charge is 2.15. The second-order valence-corrected chi connectivity index (χ2v) is 7.13. The lowest BCUT2D eigenvalue weighted by Crippen LogP contribution is -2.15. The molecule has 3 aromatic rings. The summed E-state index contributed by atoms with van der Waals surface area (Å²) in [6.07, 6.45) is 7.34. The molecule has 2 heterocycles. The molecule has 1 amide bonds. The molecule has 5 nitrogen and oxygen atoms in total. The normalized spacial score (nSPS) is 20.1. The first-order chi connectivity index (χ1) is 14.2. The topological polar surface area (TPSA) is 67.2 Å². The number of allylic oxidation sites excluding steroid dienone is 3. The lowest BCUT2D eigenvalue weighted by atomic mass is 10.0. The van der Waals surface area contributed by atoms with Gasteiger partial charge in [0.05, 0.1) is 11.3 Å². The van der Waals surface area contributed by atoms with Crippen molar-refractivity contribution in [3.8, 4) is 11.4 Å². The molecule has 0 saturated carbocycles. The van der Waals surface area contributed by atoms with Gasteiger partial charge in [0.15, 0.2) is 5.82 Å². The minimum Gasteiger partial charge on any atom is -0.297 e. The van der Waals surface area contributed by atoms with Gasteiger partial charge in [-0.15, -0.1) is 0 Å². The van der Waals surface area contributed by atoms with Gasteiger partial charge in [-0.2, -0.15) is 9.36 Å². The van der Waals surface area contributed by atoms with Gasteiger partial charge in [-0.3, -0.25) is 15.1 Å². The Balaban J connectivity index is 1.56. The van der Waals surface area contributed by atoms with Crippen LogP contribution in [-0.2, 0) is 4.79 Å². The molecule has 142 valence electrons. The van der Waals surface area contributed by atoms with Crippen LogP contribution in [0.4, 0.5) is 5.13 Å². The monoisotopic (exact) mass is 398 g/mol. The van der Waals surface area contributed by atoms with Gasteiger partial charge in [0, 0.05) is 28.9 Å². The largest absolute Gasteiger partial charge is 0.297 e. The van der Waals surface area contributed by atoms with Gasteiger partial charge >= 0.3 is 0 Å². The number of carbonyl (C=O) groups is 1. The fourth-order valence-electron chi connectivity index (χ4n) is 2.81. The summed E-state index contributed by atoms with van der Waals surface area (Å²) in [5, 5.41) is 3.29. The molecule has 0 aliphatic carbocycles. The van der Waals surface area contributed by atoms with Gasteiger partial charge in [-0.25, -0.2) is 0 Å². The van der Waals surface area contributed by atoms with E-state index in [1.165, 1.54) is 0 Å². The van der Waals surface area contributed by atoms with E-state index in [0.717, 1.165) is 33.9 Å². The Labute approximate surface area is 173 Å². The number of aromatic nitrogens is 2. The van der Waals surface area contributed by atoms with Gasteiger partial charge in [-0.1, -0.05) is 72.8 Å². The molecule has 2 aromatic carbocycles. The summed E-state index contributed by atoms with van der Waals surface area (Å²) >= 11 is 1.16. The van der Waals surface area contributed by atoms with Crippen molar-refractivity contribution in [2.75, 3.05) is 5.32 Å². The third-order valence-electron chi connectivity index (χ3n) is 4.35. The number of hydrogen-bond acceptors (Lipinski definition) is 5. The standard InChI is InChI=1S/C23H18N4OS/c1-16-9-8-14-20(17-10-4-2-5-11-17)24-15-19(16)22(28)26-23-25-21(27-29-23)18-12-6-3-7-13-18/h2-15H,1H3,(H,25,26,27,28)/b9-8?,14-8+,16-9+,19-15+,19-16?,20-14?,24-15?,24-20+. The molecule has 1 N–H and O–H groups in total. The molecule has 1 aromatic heterocycles. The first-order valence-corrected chi connectivity index (χ1v) is 9.87. The highest BCUT2D eigenvalue weighted by molar-refractivity contribution is 7.10. The minimum absolute atomic E-state index is 0.263. The molecule has 4 rings (SSSR count). The summed E-state index contributed by atoms with van der Waals surface area (Å²) in [6, 6.07) is 19.5. The van der Waals surface area contributed by atoms with Crippen molar-refractivity contribution in [2.45, 2.75) is 6.92 Å². The molecule has 1 aliphatic heterocycles. The quantitative estimate of drug-likeness (QED) is 0.670. The lowest BCUT2D eigenvalue weighted by molar-refractivity contribution is -0.112. The molecule has 0 unspecified atom stereocenters. The van der Waals surface area contributed by atoms with Crippen molar-refractivity contribution in [1.82, 2.24) is 9.36 Å². The summed E-state index contributed by atoms with van der Waals surface area (Å²) in [5.74, 6) is 0.332. The summed E-state index contributed by atoms with van der Waals surface area (Å²) in [6.45, 7) is 1.88. The number of hydrogen-bond donors (Lipinski definition) is 1. The van der Waals surface area contributed by atoms with Crippen molar-refractivity contribution in [3.05, 3.63) is 102 Å². The Morgan fingerprint density at radius 1 is 0.966 bits per heavy atom. The van der Waals surface area contributed by atoms with E-state index in [1.807, 2.05) is 85.8 Å². The third kappa shape index (κ3) is 4.44. The number of rotatable bonds is 4. The van der Waals surface area contributed by atoms with Crippen LogP contribution in [0.15, 0.2) is 101 Å². The van der Waals surface area contributed by atoms with Crippen LogP contribution in [0.25, 0.3) is 11.4 Å². The maximum absolute atomic E-state index is 12.9. The molecule has 29 heavy (non-hydrogen) atoms. The maximum atomic E-state index is 12.9. The first kappa shape index (κ1) is 18.7. The minimum atomic E-state index is -0.263. The lowest BCUT2D eigenvalue weighted by Gasteiger charge is -2.08. The van der Waals surface area contributed by atoms with E-state index in [2.05, 4.69) is 19.7 Å². The Bertz CT molecular complexity index is 1140. The smallest absolute Gasteiger partial charge is 0.259 e. The second-order valence-electron chi connectivity index (χ2n) is 6.38. The van der Waals surface area contributed by atoms with Gasteiger partial charge in [0.2, 0.25) is 5.13 Å². The van der Waals surface area contributed by atoms with E-state index in [4.69, 9.17) is 0 Å². The zero-order valence-corrected chi connectivity index (χ0v) is 16.6. The Morgan fingerprint density at radius 3 is 2.38 bits per heavy atom. The van der Waals surface area contributed by atoms with Crippen molar-refractivity contribution >= 4 is 28.3 Å². The highest BCUT2D eigenvalue weighted by atomic mass is 32.1. The molecule has 6 heteroatoms. The van der Waals surface area contributed by atoms with Crippen LogP contribution in [0, 0.1) is 0 Å². The fraction of sp³-hybridized carbons (Fsp3) is 0.0435. The number of anilines is 1. The average molecular weight is 398 g/mol. The number of benzene rings is 2. The van der Waals surface area contributed by atoms with Crippen LogP contribution < -0.4 is 5.32 Å². The summed E-state index contributed by atoms with van der Waals surface area (Å²) < 4.78 is 4.33. The van der Waals surface area contributed by atoms with Gasteiger partial charge in [0.25, 0.3) is 5.91 Å². The first-order valence-electron chi connectivity index (χ1n) is 9.10. The number of nitrogens with zero attached hydrogens (tertiary/aromatic N) is 3. The Morgan fingerprint density at radius 2 is 1.66 bits per heavy atom. The van der Waals surface area contributed by atoms with Crippen molar-refractivity contribution in [3.63, 3.8) is 0 Å².